The zero-order valence-electron chi connectivity index (χ0n) is 15.4. The van der Waals surface area contributed by atoms with Crippen LogP contribution < -0.4 is 10.5 Å². The Labute approximate surface area is 170 Å². The van der Waals surface area contributed by atoms with Crippen LogP contribution in [0.1, 0.15) is 19.3 Å². The van der Waals surface area contributed by atoms with Gasteiger partial charge in [-0.1, -0.05) is 29.8 Å². The van der Waals surface area contributed by atoms with Gasteiger partial charge in [-0.05, 0) is 49.2 Å². The molecule has 3 rings (SSSR count). The molecule has 1 amide bonds. The number of piperidine rings is 1. The van der Waals surface area contributed by atoms with Crippen LogP contribution >= 0.6 is 11.6 Å². The first kappa shape index (κ1) is 20.6. The monoisotopic (exact) mass is 422 g/mol. The topological polar surface area (TPSA) is 89.7 Å². The van der Waals surface area contributed by atoms with Crippen molar-refractivity contribution in [1.82, 2.24) is 4.31 Å². The average Bonchev–Trinajstić information content (AvgIpc) is 2.67. The highest BCUT2D eigenvalue weighted by Gasteiger charge is 2.42. The minimum atomic E-state index is -3.70. The molecule has 0 aliphatic carbocycles. The molecular formula is C20H23ClN2O4S. The molecule has 0 aromatic heterocycles. The van der Waals surface area contributed by atoms with Crippen molar-refractivity contribution >= 4 is 27.5 Å². The number of carbonyl (C=O) groups excluding carboxylic acids is 1. The van der Waals surface area contributed by atoms with E-state index in [0.717, 1.165) is 0 Å². The van der Waals surface area contributed by atoms with Gasteiger partial charge < -0.3 is 10.5 Å². The number of carbonyl (C=O) groups is 1. The lowest BCUT2D eigenvalue weighted by Crippen LogP contribution is -2.50. The van der Waals surface area contributed by atoms with E-state index >= 15 is 0 Å². The van der Waals surface area contributed by atoms with Gasteiger partial charge in [0.05, 0.1) is 11.5 Å². The summed E-state index contributed by atoms with van der Waals surface area (Å²) < 4.78 is 33.4. The van der Waals surface area contributed by atoms with Gasteiger partial charge in [-0.15, -0.1) is 0 Å². The number of amides is 1. The predicted molar refractivity (Wildman–Crippen MR) is 108 cm³/mol. The molecule has 6 nitrogen and oxygen atoms in total. The Balaban J connectivity index is 1.83. The molecule has 28 heavy (non-hydrogen) atoms. The maximum absolute atomic E-state index is 13.1. The zero-order chi connectivity index (χ0) is 20.2. The molecule has 1 atom stereocenters. The Bertz CT molecular complexity index is 919. The van der Waals surface area contributed by atoms with Gasteiger partial charge >= 0.3 is 0 Å². The summed E-state index contributed by atoms with van der Waals surface area (Å²) in [6.45, 7) is 0.775. The van der Waals surface area contributed by atoms with Gasteiger partial charge in [0.15, 0.2) is 0 Å². The molecule has 0 spiro atoms. The molecule has 2 aromatic rings. The van der Waals surface area contributed by atoms with E-state index in [0.29, 0.717) is 30.2 Å². The Kier molecular flexibility index (Phi) is 6.27. The first-order valence-corrected chi connectivity index (χ1v) is 10.8. The third kappa shape index (κ3) is 4.84. The number of primary amides is 1. The van der Waals surface area contributed by atoms with Crippen molar-refractivity contribution in [2.24, 2.45) is 11.1 Å². The molecule has 2 aromatic carbocycles. The van der Waals surface area contributed by atoms with Crippen LogP contribution in [0.15, 0.2) is 59.5 Å². The van der Waals surface area contributed by atoms with Crippen LogP contribution in [0, 0.1) is 5.41 Å². The summed E-state index contributed by atoms with van der Waals surface area (Å²) in [6, 6.07) is 15.3. The second-order valence-electron chi connectivity index (χ2n) is 7.14. The number of rotatable bonds is 7. The summed E-state index contributed by atoms with van der Waals surface area (Å²) in [4.78, 5) is 11.9. The van der Waals surface area contributed by atoms with Gasteiger partial charge in [-0.2, -0.15) is 4.31 Å². The summed E-state index contributed by atoms with van der Waals surface area (Å²) in [5.41, 5.74) is 4.82. The van der Waals surface area contributed by atoms with Crippen LogP contribution in [-0.4, -0.2) is 38.3 Å². The number of hydrogen-bond donors (Lipinski definition) is 1. The average molecular weight is 423 g/mol. The minimum absolute atomic E-state index is 0.0620. The van der Waals surface area contributed by atoms with Gasteiger partial charge in [0.2, 0.25) is 15.9 Å². The molecule has 1 aliphatic heterocycles. The largest absolute Gasteiger partial charge is 0.493 e. The van der Waals surface area contributed by atoms with Crippen LogP contribution in [0.3, 0.4) is 0 Å². The molecule has 0 bridgehead atoms. The predicted octanol–water partition coefficient (Wildman–Crippen LogP) is 3.07. The number of ether oxygens (including phenoxy) is 1. The lowest BCUT2D eigenvalue weighted by Gasteiger charge is -2.41. The van der Waals surface area contributed by atoms with Crippen molar-refractivity contribution in [1.29, 1.82) is 0 Å². The van der Waals surface area contributed by atoms with Crippen LogP contribution in [-0.2, 0) is 14.8 Å². The van der Waals surface area contributed by atoms with E-state index in [4.69, 9.17) is 22.1 Å². The third-order valence-corrected chi connectivity index (χ3v) is 7.03. The van der Waals surface area contributed by atoms with Gasteiger partial charge in [-0.3, -0.25) is 4.79 Å². The summed E-state index contributed by atoms with van der Waals surface area (Å²) >= 11 is 5.87. The van der Waals surface area contributed by atoms with Gasteiger partial charge in [-0.25, -0.2) is 8.42 Å². The second kappa shape index (κ2) is 8.51. The smallest absolute Gasteiger partial charge is 0.243 e. The zero-order valence-corrected chi connectivity index (χ0v) is 17.0. The molecule has 0 unspecified atom stereocenters. The third-order valence-electron chi connectivity index (χ3n) is 4.92. The molecule has 1 heterocycles. The van der Waals surface area contributed by atoms with Crippen LogP contribution in [0.5, 0.6) is 5.75 Å². The van der Waals surface area contributed by atoms with Crippen LogP contribution in [0.4, 0.5) is 0 Å². The van der Waals surface area contributed by atoms with Crippen molar-refractivity contribution in [3.8, 4) is 5.75 Å². The van der Waals surface area contributed by atoms with Crippen molar-refractivity contribution in [3.05, 3.63) is 59.6 Å². The highest BCUT2D eigenvalue weighted by molar-refractivity contribution is 7.89. The summed E-state index contributed by atoms with van der Waals surface area (Å²) in [5, 5.41) is 0.469. The first-order chi connectivity index (χ1) is 13.3. The van der Waals surface area contributed by atoms with E-state index in [-0.39, 0.29) is 24.5 Å². The fourth-order valence-electron chi connectivity index (χ4n) is 3.56. The van der Waals surface area contributed by atoms with E-state index in [2.05, 4.69) is 0 Å². The highest BCUT2D eigenvalue weighted by atomic mass is 35.5. The van der Waals surface area contributed by atoms with Gasteiger partial charge in [0.25, 0.3) is 0 Å². The lowest BCUT2D eigenvalue weighted by molar-refractivity contribution is -0.121. The Morgan fingerprint density at radius 3 is 2.46 bits per heavy atom. The van der Waals surface area contributed by atoms with Crippen molar-refractivity contribution < 1.29 is 17.9 Å². The lowest BCUT2D eigenvalue weighted by atomic mass is 9.78. The molecule has 8 heteroatoms. The van der Waals surface area contributed by atoms with E-state index in [1.165, 1.54) is 16.4 Å². The number of hydrogen-bond acceptors (Lipinski definition) is 4. The summed E-state index contributed by atoms with van der Waals surface area (Å²) in [5.74, 6) is 0.200. The van der Waals surface area contributed by atoms with E-state index in [9.17, 15) is 13.2 Å². The molecule has 0 radical (unpaired) electrons. The SMILES string of the molecule is NC(=O)C[C@]1(COc2ccccc2)CCCN(S(=O)(=O)c2ccc(Cl)cc2)C1. The summed E-state index contributed by atoms with van der Waals surface area (Å²) in [6.07, 6.45) is 1.35. The second-order valence-corrected chi connectivity index (χ2v) is 9.52. The molecule has 1 saturated heterocycles. The Morgan fingerprint density at radius 2 is 1.82 bits per heavy atom. The Hall–Kier alpha value is -2.09. The van der Waals surface area contributed by atoms with E-state index in [1.807, 2.05) is 30.3 Å². The molecule has 0 saturated carbocycles. The number of nitrogens with zero attached hydrogens (tertiary/aromatic N) is 1. The maximum Gasteiger partial charge on any atom is 0.243 e. The van der Waals surface area contributed by atoms with Gasteiger partial charge in [0, 0.05) is 29.9 Å². The molecule has 150 valence electrons. The molecule has 2 N–H and O–H groups in total. The Morgan fingerprint density at radius 1 is 1.14 bits per heavy atom. The number of para-hydroxylation sites is 1. The first-order valence-electron chi connectivity index (χ1n) is 9.03. The number of benzene rings is 2. The van der Waals surface area contributed by atoms with Crippen molar-refractivity contribution in [3.63, 3.8) is 0 Å². The van der Waals surface area contributed by atoms with E-state index < -0.39 is 21.3 Å². The van der Waals surface area contributed by atoms with Crippen LogP contribution in [0.2, 0.25) is 5.02 Å². The van der Waals surface area contributed by atoms with E-state index in [1.54, 1.807) is 12.1 Å². The minimum Gasteiger partial charge on any atom is -0.493 e. The standard InChI is InChI=1S/C20H23ClN2O4S/c21-16-7-9-18(10-8-16)28(25,26)23-12-4-11-20(14-23,13-19(22)24)15-27-17-5-2-1-3-6-17/h1-3,5-10H,4,11-15H2,(H2,22,24)/t20-/m1/s1. The van der Waals surface area contributed by atoms with Crippen molar-refractivity contribution in [2.45, 2.75) is 24.2 Å². The molecular weight excluding hydrogens is 400 g/mol. The number of sulfonamides is 1. The highest BCUT2D eigenvalue weighted by Crippen LogP contribution is 2.36. The molecule has 1 fully saturated rings. The fraction of sp³-hybridized carbons (Fsp3) is 0.350. The molecule has 1 aliphatic rings. The normalized spacial score (nSPS) is 20.6. The van der Waals surface area contributed by atoms with Gasteiger partial charge in [0.1, 0.15) is 5.75 Å². The maximum atomic E-state index is 13.1. The quantitative estimate of drug-likeness (QED) is 0.742. The van der Waals surface area contributed by atoms with Crippen LogP contribution in [0.25, 0.3) is 0 Å². The fourth-order valence-corrected chi connectivity index (χ4v) is 5.28. The number of halogens is 1. The van der Waals surface area contributed by atoms with Crippen molar-refractivity contribution in [2.75, 3.05) is 19.7 Å². The summed E-state index contributed by atoms with van der Waals surface area (Å²) in [7, 11) is -3.70. The number of nitrogens with two attached hydrogens (primary N) is 1.